The summed E-state index contributed by atoms with van der Waals surface area (Å²) in [5.74, 6) is -2.39. The smallest absolute Gasteiger partial charge is 0.308 e. The summed E-state index contributed by atoms with van der Waals surface area (Å²) in [4.78, 5) is 57.6. The summed E-state index contributed by atoms with van der Waals surface area (Å²) in [5.41, 5.74) is 2.67. The molecule has 2 aliphatic rings. The number of nitrogens with zero attached hydrogens (tertiary/aromatic N) is 3. The number of hydrogen-bond donors (Lipinski definition) is 2. The maximum absolute atomic E-state index is 14.0. The molecular weight excluding hydrogens is 596 g/mol. The van der Waals surface area contributed by atoms with Crippen molar-refractivity contribution in [2.24, 2.45) is 5.92 Å². The van der Waals surface area contributed by atoms with Gasteiger partial charge in [0.15, 0.2) is 0 Å². The highest BCUT2D eigenvalue weighted by molar-refractivity contribution is 8.00. The Bertz CT molecular complexity index is 1750. The third kappa shape index (κ3) is 4.97. The molecule has 3 amide bonds. The summed E-state index contributed by atoms with van der Waals surface area (Å²) >= 11 is 8.21. The minimum absolute atomic E-state index is 0.0650. The number of amides is 3. The molecule has 4 aromatic rings. The number of halogens is 1. The quantitative estimate of drug-likeness (QED) is 0.236. The van der Waals surface area contributed by atoms with Crippen molar-refractivity contribution < 1.29 is 19.5 Å². The number of fused-ring (bicyclic) bond motifs is 2. The Morgan fingerprint density at radius 1 is 0.952 bits per heavy atom. The molecule has 0 saturated carbocycles. The molecule has 0 aliphatic carbocycles. The number of phenols is 1. The molecule has 6 rings (SSSR count). The Morgan fingerprint density at radius 3 is 2.26 bits per heavy atom. The second-order valence-corrected chi connectivity index (χ2v) is 12.8. The summed E-state index contributed by atoms with van der Waals surface area (Å²) in [6, 6.07) is 20.3. The van der Waals surface area contributed by atoms with Crippen LogP contribution in [0.1, 0.15) is 16.4 Å². The van der Waals surface area contributed by atoms with Gasteiger partial charge in [0.2, 0.25) is 17.7 Å². The van der Waals surface area contributed by atoms with E-state index >= 15 is 0 Å². The predicted molar refractivity (Wildman–Crippen MR) is 165 cm³/mol. The molecule has 2 unspecified atom stereocenters. The van der Waals surface area contributed by atoms with Crippen LogP contribution < -0.4 is 20.0 Å². The van der Waals surface area contributed by atoms with Gasteiger partial charge in [0, 0.05) is 41.3 Å². The number of rotatable bonds is 6. The van der Waals surface area contributed by atoms with E-state index < -0.39 is 23.0 Å². The van der Waals surface area contributed by atoms with E-state index in [0.717, 1.165) is 34.3 Å². The molecule has 1 saturated heterocycles. The average molecular weight is 621 g/mol. The highest BCUT2D eigenvalue weighted by atomic mass is 35.5. The van der Waals surface area contributed by atoms with E-state index in [9.17, 15) is 24.3 Å². The van der Waals surface area contributed by atoms with E-state index in [1.807, 2.05) is 43.3 Å². The molecule has 3 atom stereocenters. The largest absolute Gasteiger partial charge is 0.508 e. The first-order valence-corrected chi connectivity index (χ1v) is 15.1. The third-order valence-corrected chi connectivity index (χ3v) is 10.2. The molecule has 42 heavy (non-hydrogen) atoms. The topological polar surface area (TPSA) is 112 Å². The number of carbonyl (C=O) groups excluding carboxylic acids is 3. The van der Waals surface area contributed by atoms with Crippen LogP contribution in [0, 0.1) is 5.92 Å². The fraction of sp³-hybridized carbons (Fsp3) is 0.200. The molecule has 3 heterocycles. The van der Waals surface area contributed by atoms with Gasteiger partial charge < -0.3 is 15.3 Å². The van der Waals surface area contributed by atoms with Gasteiger partial charge in [0.1, 0.15) is 17.5 Å². The Balaban J connectivity index is 1.41. The van der Waals surface area contributed by atoms with Crippen LogP contribution >= 0.6 is 34.7 Å². The molecule has 0 spiro atoms. The zero-order chi connectivity index (χ0) is 29.7. The van der Waals surface area contributed by atoms with Gasteiger partial charge >= 0.3 is 4.87 Å². The first-order chi connectivity index (χ1) is 20.1. The van der Waals surface area contributed by atoms with Gasteiger partial charge in [-0.2, -0.15) is 0 Å². The number of nitrogens with one attached hydrogen (secondary N) is 1. The SMILES string of the molecule is CN(C)c1ccc([C@H]2c3sc(=O)n(CC(=O)Nc4ccc(O)cc4)c3SC3C(=O)N(c4ccc(Cl)cc4)C(=O)C32)cc1. The lowest BCUT2D eigenvalue weighted by Crippen LogP contribution is -2.33. The molecule has 2 N–H and O–H groups in total. The number of benzene rings is 3. The molecule has 2 aliphatic heterocycles. The first-order valence-electron chi connectivity index (χ1n) is 13.0. The number of anilines is 3. The summed E-state index contributed by atoms with van der Waals surface area (Å²) in [5, 5.41) is 12.5. The Labute approximate surface area is 254 Å². The number of thioether (sulfide) groups is 1. The Kier molecular flexibility index (Phi) is 7.34. The fourth-order valence-electron chi connectivity index (χ4n) is 5.33. The number of aromatic nitrogens is 1. The number of hydrogen-bond acceptors (Lipinski definition) is 8. The lowest BCUT2D eigenvalue weighted by atomic mass is 9.83. The minimum atomic E-state index is -0.792. The van der Waals surface area contributed by atoms with E-state index in [2.05, 4.69) is 5.32 Å². The molecule has 0 radical (unpaired) electrons. The normalized spacial score (nSPS) is 19.4. The van der Waals surface area contributed by atoms with Gasteiger partial charge in [-0.05, 0) is 66.2 Å². The van der Waals surface area contributed by atoms with Crippen molar-refractivity contribution in [3.05, 3.63) is 97.9 Å². The predicted octanol–water partition coefficient (Wildman–Crippen LogP) is 4.77. The maximum Gasteiger partial charge on any atom is 0.308 e. The van der Waals surface area contributed by atoms with Crippen molar-refractivity contribution in [2.75, 3.05) is 29.2 Å². The van der Waals surface area contributed by atoms with Gasteiger partial charge in [-0.15, -0.1) is 0 Å². The van der Waals surface area contributed by atoms with Crippen LogP contribution in [0.15, 0.2) is 82.6 Å². The van der Waals surface area contributed by atoms with Crippen molar-refractivity contribution in [3.63, 3.8) is 0 Å². The zero-order valence-corrected chi connectivity index (χ0v) is 24.9. The number of imide groups is 1. The van der Waals surface area contributed by atoms with Crippen molar-refractivity contribution in [1.82, 2.24) is 4.57 Å². The van der Waals surface area contributed by atoms with Crippen molar-refractivity contribution in [1.29, 1.82) is 0 Å². The van der Waals surface area contributed by atoms with Crippen LogP contribution in [0.4, 0.5) is 17.1 Å². The van der Waals surface area contributed by atoms with Gasteiger partial charge in [0.25, 0.3) is 0 Å². The zero-order valence-electron chi connectivity index (χ0n) is 22.5. The van der Waals surface area contributed by atoms with Crippen LogP contribution in [0.2, 0.25) is 5.02 Å². The lowest BCUT2D eigenvalue weighted by Gasteiger charge is -2.31. The van der Waals surface area contributed by atoms with Crippen molar-refractivity contribution in [2.45, 2.75) is 22.7 Å². The van der Waals surface area contributed by atoms with Gasteiger partial charge in [-0.3, -0.25) is 23.7 Å². The molecular formula is C30H25ClN4O5S2. The molecule has 9 nitrogen and oxygen atoms in total. The summed E-state index contributed by atoms with van der Waals surface area (Å²) < 4.78 is 1.38. The van der Waals surface area contributed by atoms with Crippen LogP contribution in [0.3, 0.4) is 0 Å². The Morgan fingerprint density at radius 2 is 1.62 bits per heavy atom. The number of aromatic hydroxyl groups is 1. The van der Waals surface area contributed by atoms with E-state index in [-0.39, 0.29) is 29.0 Å². The van der Waals surface area contributed by atoms with Crippen LogP contribution in [-0.2, 0) is 20.9 Å². The summed E-state index contributed by atoms with van der Waals surface area (Å²) in [6.45, 7) is -0.273. The number of phenolic OH excluding ortho intramolecular Hbond substituents is 1. The van der Waals surface area contributed by atoms with Crippen molar-refractivity contribution in [3.8, 4) is 5.75 Å². The van der Waals surface area contributed by atoms with E-state index in [4.69, 9.17) is 11.6 Å². The highest BCUT2D eigenvalue weighted by Crippen LogP contribution is 2.54. The monoisotopic (exact) mass is 620 g/mol. The molecule has 12 heteroatoms. The van der Waals surface area contributed by atoms with Gasteiger partial charge in [0.05, 0.1) is 16.6 Å². The lowest BCUT2D eigenvalue weighted by molar-refractivity contribution is -0.122. The van der Waals surface area contributed by atoms with E-state index in [0.29, 0.717) is 26.3 Å². The maximum atomic E-state index is 14.0. The Hall–Kier alpha value is -4.06. The van der Waals surface area contributed by atoms with E-state index in [1.54, 1.807) is 36.4 Å². The molecule has 214 valence electrons. The van der Waals surface area contributed by atoms with Crippen molar-refractivity contribution >= 4 is 69.5 Å². The first kappa shape index (κ1) is 28.1. The third-order valence-electron chi connectivity index (χ3n) is 7.36. The summed E-state index contributed by atoms with van der Waals surface area (Å²) in [7, 11) is 3.86. The second kappa shape index (κ2) is 11.0. The molecule has 3 aromatic carbocycles. The number of thiazole rings is 1. The molecule has 1 fully saturated rings. The van der Waals surface area contributed by atoms with Gasteiger partial charge in [-0.1, -0.05) is 46.8 Å². The standard InChI is InChI=1S/C30H25ClN4O5S2/c1-33(2)19-9-3-16(4-10-19)23-24-25(28(39)35(27(24)38)20-11-5-17(31)6-12-20)41-29-26(23)42-30(40)34(29)15-22(37)32-18-7-13-21(36)14-8-18/h3-14,23-25,36H,15H2,1-2H3,(H,32,37)/t23-,24?,25?/m1/s1. The average Bonchev–Trinajstić information content (AvgIpc) is 3.41. The molecule has 1 aromatic heterocycles. The number of carbonyl (C=O) groups is 3. The van der Waals surface area contributed by atoms with Gasteiger partial charge in [-0.25, -0.2) is 4.90 Å². The summed E-state index contributed by atoms with van der Waals surface area (Å²) in [6.07, 6.45) is 0. The van der Waals surface area contributed by atoms with Crippen LogP contribution in [0.25, 0.3) is 0 Å². The fourth-order valence-corrected chi connectivity index (χ4v) is 8.23. The van der Waals surface area contributed by atoms with Crippen LogP contribution in [0.5, 0.6) is 5.75 Å². The van der Waals surface area contributed by atoms with Crippen LogP contribution in [-0.4, -0.2) is 46.7 Å². The second-order valence-electron chi connectivity index (χ2n) is 10.2. The highest BCUT2D eigenvalue weighted by Gasteiger charge is 2.56. The van der Waals surface area contributed by atoms with E-state index in [1.165, 1.54) is 21.6 Å². The minimum Gasteiger partial charge on any atom is -0.508 e. The molecule has 0 bridgehead atoms.